The zero-order valence-corrected chi connectivity index (χ0v) is 16.9. The molecule has 1 fully saturated rings. The summed E-state index contributed by atoms with van der Waals surface area (Å²) in [6.07, 6.45) is -4.81. The Hall–Kier alpha value is -2.84. The van der Waals surface area contributed by atoms with Crippen molar-refractivity contribution in [3.05, 3.63) is 88.4 Å². The lowest BCUT2D eigenvalue weighted by molar-refractivity contribution is -0.0599. The summed E-state index contributed by atoms with van der Waals surface area (Å²) in [6, 6.07) is 20.5. The van der Waals surface area contributed by atoms with Crippen LogP contribution in [-0.2, 0) is 11.3 Å². The lowest BCUT2D eigenvalue weighted by atomic mass is 10.0. The summed E-state index contributed by atoms with van der Waals surface area (Å²) in [4.78, 5) is 15.0. The van der Waals surface area contributed by atoms with Gasteiger partial charge in [0.25, 0.3) is 12.3 Å². The molecular formula is C23H18ClF2N3O2. The minimum Gasteiger partial charge on any atom is -0.332 e. The van der Waals surface area contributed by atoms with Crippen molar-refractivity contribution in [1.82, 2.24) is 10.9 Å². The van der Waals surface area contributed by atoms with Gasteiger partial charge in [-0.05, 0) is 41.0 Å². The number of benzene rings is 3. The molecule has 31 heavy (non-hydrogen) atoms. The van der Waals surface area contributed by atoms with Gasteiger partial charge in [0, 0.05) is 16.1 Å². The number of para-hydroxylation sites is 1. The SMILES string of the molecule is O=C1c2cc(C3NNC(C(F)F)O3)ccc2CN1c1ccccc1-c1ccc(Cl)cc1. The van der Waals surface area contributed by atoms with Crippen molar-refractivity contribution in [3.63, 3.8) is 0 Å². The molecule has 158 valence electrons. The second-order valence-corrected chi connectivity index (χ2v) is 7.83. The highest BCUT2D eigenvalue weighted by Gasteiger charge is 2.34. The van der Waals surface area contributed by atoms with Gasteiger partial charge in [0.2, 0.25) is 0 Å². The first-order valence-corrected chi connectivity index (χ1v) is 10.1. The van der Waals surface area contributed by atoms with Gasteiger partial charge in [0.05, 0.1) is 12.2 Å². The van der Waals surface area contributed by atoms with Crippen molar-refractivity contribution >= 4 is 23.2 Å². The Morgan fingerprint density at radius 1 is 1.00 bits per heavy atom. The molecule has 3 aromatic rings. The fourth-order valence-corrected chi connectivity index (χ4v) is 4.04. The molecule has 3 aromatic carbocycles. The van der Waals surface area contributed by atoms with Crippen LogP contribution in [0.4, 0.5) is 14.5 Å². The number of hydrogen-bond acceptors (Lipinski definition) is 4. The first-order valence-electron chi connectivity index (χ1n) is 9.75. The van der Waals surface area contributed by atoms with E-state index >= 15 is 0 Å². The lowest BCUT2D eigenvalue weighted by Crippen LogP contribution is -2.35. The van der Waals surface area contributed by atoms with Gasteiger partial charge in [0.1, 0.15) is 6.23 Å². The van der Waals surface area contributed by atoms with E-state index in [1.165, 1.54) is 0 Å². The Morgan fingerprint density at radius 3 is 2.52 bits per heavy atom. The number of carbonyl (C=O) groups excluding carboxylic acids is 1. The molecule has 0 spiro atoms. The number of carbonyl (C=O) groups is 1. The lowest BCUT2D eigenvalue weighted by Gasteiger charge is -2.20. The molecule has 1 saturated heterocycles. The van der Waals surface area contributed by atoms with E-state index in [1.807, 2.05) is 54.6 Å². The molecule has 2 aliphatic rings. The number of anilines is 1. The standard InChI is InChI=1S/C23H18ClF2N3O2/c24-16-9-7-13(8-10-16)17-3-1-2-4-19(17)29-12-15-6-5-14(11-18(15)23(29)30)21-27-28-22(31-21)20(25)26/h1-11,20-22,27-28H,12H2. The summed E-state index contributed by atoms with van der Waals surface area (Å²) in [7, 11) is 0. The van der Waals surface area contributed by atoms with Crippen LogP contribution in [0, 0.1) is 0 Å². The molecule has 0 aromatic heterocycles. The number of halogens is 3. The smallest absolute Gasteiger partial charge is 0.278 e. The van der Waals surface area contributed by atoms with Crippen molar-refractivity contribution in [2.75, 3.05) is 4.90 Å². The van der Waals surface area contributed by atoms with Crippen LogP contribution in [0.15, 0.2) is 66.7 Å². The third kappa shape index (κ3) is 3.70. The molecule has 0 bridgehead atoms. The second-order valence-electron chi connectivity index (χ2n) is 7.39. The summed E-state index contributed by atoms with van der Waals surface area (Å²) < 4.78 is 31.0. The van der Waals surface area contributed by atoms with Gasteiger partial charge in [-0.1, -0.05) is 54.1 Å². The maximum absolute atomic E-state index is 13.3. The summed E-state index contributed by atoms with van der Waals surface area (Å²) in [5, 5.41) is 0.643. The number of nitrogens with one attached hydrogen (secondary N) is 2. The fraction of sp³-hybridized carbons (Fsp3) is 0.174. The van der Waals surface area contributed by atoms with E-state index in [4.69, 9.17) is 16.3 Å². The minimum absolute atomic E-state index is 0.144. The molecule has 0 aliphatic carbocycles. The molecule has 5 nitrogen and oxygen atoms in total. The van der Waals surface area contributed by atoms with Crippen molar-refractivity contribution in [2.45, 2.75) is 25.4 Å². The number of nitrogens with zero attached hydrogens (tertiary/aromatic N) is 1. The van der Waals surface area contributed by atoms with Gasteiger partial charge in [-0.3, -0.25) is 4.79 Å². The molecular weight excluding hydrogens is 424 g/mol. The zero-order valence-electron chi connectivity index (χ0n) is 16.2. The van der Waals surface area contributed by atoms with Gasteiger partial charge < -0.3 is 9.64 Å². The van der Waals surface area contributed by atoms with Crippen LogP contribution in [0.2, 0.25) is 5.02 Å². The second kappa shape index (κ2) is 8.01. The largest absolute Gasteiger partial charge is 0.332 e. The maximum Gasteiger partial charge on any atom is 0.278 e. The Labute approximate surface area is 182 Å². The van der Waals surface area contributed by atoms with E-state index in [2.05, 4.69) is 10.9 Å². The summed E-state index contributed by atoms with van der Waals surface area (Å²) >= 11 is 6.02. The van der Waals surface area contributed by atoms with Crippen LogP contribution >= 0.6 is 11.6 Å². The van der Waals surface area contributed by atoms with Crippen molar-refractivity contribution in [1.29, 1.82) is 0 Å². The first kappa shape index (κ1) is 20.1. The fourth-order valence-electron chi connectivity index (χ4n) is 3.92. The number of alkyl halides is 2. The van der Waals surface area contributed by atoms with Gasteiger partial charge in [-0.2, -0.15) is 0 Å². The highest BCUT2D eigenvalue weighted by atomic mass is 35.5. The average molecular weight is 442 g/mol. The zero-order chi connectivity index (χ0) is 21.5. The molecule has 2 atom stereocenters. The highest BCUT2D eigenvalue weighted by Crippen LogP contribution is 2.37. The van der Waals surface area contributed by atoms with E-state index in [0.29, 0.717) is 22.7 Å². The van der Waals surface area contributed by atoms with Crippen molar-refractivity contribution < 1.29 is 18.3 Å². The number of fused-ring (bicyclic) bond motifs is 1. The first-order chi connectivity index (χ1) is 15.0. The van der Waals surface area contributed by atoms with Gasteiger partial charge in [-0.25, -0.2) is 19.6 Å². The molecule has 5 rings (SSSR count). The number of ether oxygens (including phenoxy) is 1. The van der Waals surface area contributed by atoms with E-state index in [1.54, 1.807) is 17.0 Å². The number of hydrogen-bond donors (Lipinski definition) is 2. The molecule has 0 saturated carbocycles. The monoisotopic (exact) mass is 441 g/mol. The minimum atomic E-state index is -2.66. The quantitative estimate of drug-likeness (QED) is 0.606. The third-order valence-electron chi connectivity index (χ3n) is 5.46. The number of rotatable bonds is 4. The van der Waals surface area contributed by atoms with Gasteiger partial charge >= 0.3 is 0 Å². The molecule has 2 N–H and O–H groups in total. The highest BCUT2D eigenvalue weighted by molar-refractivity contribution is 6.30. The topological polar surface area (TPSA) is 53.6 Å². The Morgan fingerprint density at radius 2 is 1.77 bits per heavy atom. The van der Waals surface area contributed by atoms with Crippen molar-refractivity contribution in [2.24, 2.45) is 0 Å². The van der Waals surface area contributed by atoms with Crippen LogP contribution in [0.25, 0.3) is 11.1 Å². The molecule has 1 amide bonds. The molecule has 2 aliphatic heterocycles. The summed E-state index contributed by atoms with van der Waals surface area (Å²) in [6.45, 7) is 0.426. The van der Waals surface area contributed by atoms with Crippen LogP contribution in [0.3, 0.4) is 0 Å². The van der Waals surface area contributed by atoms with Gasteiger partial charge in [-0.15, -0.1) is 0 Å². The summed E-state index contributed by atoms with van der Waals surface area (Å²) in [5.41, 5.74) is 9.81. The van der Waals surface area contributed by atoms with Crippen LogP contribution in [0.5, 0.6) is 0 Å². The van der Waals surface area contributed by atoms with Crippen molar-refractivity contribution in [3.8, 4) is 11.1 Å². The number of amides is 1. The van der Waals surface area contributed by atoms with E-state index in [-0.39, 0.29) is 5.91 Å². The Balaban J connectivity index is 1.44. The Bertz CT molecular complexity index is 1140. The number of hydrazine groups is 1. The molecule has 0 radical (unpaired) electrons. The predicted molar refractivity (Wildman–Crippen MR) is 114 cm³/mol. The summed E-state index contributed by atoms with van der Waals surface area (Å²) in [5.74, 6) is -0.144. The normalized spacial score (nSPS) is 20.5. The third-order valence-corrected chi connectivity index (χ3v) is 5.71. The molecule has 8 heteroatoms. The molecule has 2 heterocycles. The van der Waals surface area contributed by atoms with Crippen LogP contribution in [-0.4, -0.2) is 18.6 Å². The average Bonchev–Trinajstić information content (AvgIpc) is 3.40. The predicted octanol–water partition coefficient (Wildman–Crippen LogP) is 4.88. The van der Waals surface area contributed by atoms with E-state index in [0.717, 1.165) is 22.4 Å². The maximum atomic E-state index is 13.3. The van der Waals surface area contributed by atoms with Gasteiger partial charge in [0.15, 0.2) is 6.23 Å². The van der Waals surface area contributed by atoms with E-state index < -0.39 is 18.9 Å². The van der Waals surface area contributed by atoms with Crippen LogP contribution < -0.4 is 15.8 Å². The molecule has 2 unspecified atom stereocenters. The van der Waals surface area contributed by atoms with E-state index in [9.17, 15) is 13.6 Å². The Kier molecular flexibility index (Phi) is 5.19. The van der Waals surface area contributed by atoms with Crippen LogP contribution in [0.1, 0.15) is 27.7 Å².